The summed E-state index contributed by atoms with van der Waals surface area (Å²) >= 11 is -0.295. The number of nitrogens with one attached hydrogen (secondary N) is 1. The van der Waals surface area contributed by atoms with Crippen molar-refractivity contribution in [2.75, 3.05) is 5.32 Å². The van der Waals surface area contributed by atoms with Crippen LogP contribution in [0.3, 0.4) is 0 Å². The van der Waals surface area contributed by atoms with Gasteiger partial charge in [0.05, 0.1) is 5.69 Å². The number of thioether (sulfide) groups is 1. The second-order valence-corrected chi connectivity index (χ2v) is 4.98. The van der Waals surface area contributed by atoms with Crippen molar-refractivity contribution in [3.63, 3.8) is 0 Å². The van der Waals surface area contributed by atoms with Crippen molar-refractivity contribution in [2.45, 2.75) is 10.4 Å². The molecule has 2 rings (SSSR count). The highest BCUT2D eigenvalue weighted by atomic mass is 32.2. The minimum atomic E-state index is -4.43. The fourth-order valence-corrected chi connectivity index (χ4v) is 2.14. The topological polar surface area (TPSA) is 38.3 Å². The number of carbonyl (C=O) groups is 1. The third-order valence-electron chi connectivity index (χ3n) is 2.30. The first kappa shape index (κ1) is 15.2. The van der Waals surface area contributed by atoms with Gasteiger partial charge in [-0.15, -0.1) is 0 Å². The summed E-state index contributed by atoms with van der Waals surface area (Å²) in [5.41, 5.74) is -4.39. The zero-order chi connectivity index (χ0) is 15.3. The number of anilines is 1. The fraction of sp³-hybridized carbons (Fsp3) is 0.0714. The lowest BCUT2D eigenvalue weighted by Crippen LogP contribution is -2.17. The highest BCUT2D eigenvalue weighted by Crippen LogP contribution is 2.40. The summed E-state index contributed by atoms with van der Waals surface area (Å²) in [6, 6.07) is 13.9. The van der Waals surface area contributed by atoms with Crippen LogP contribution in [0.5, 0.6) is 5.75 Å². The van der Waals surface area contributed by atoms with Gasteiger partial charge in [-0.25, -0.2) is 4.79 Å². The van der Waals surface area contributed by atoms with Crippen molar-refractivity contribution in [2.24, 2.45) is 0 Å². The summed E-state index contributed by atoms with van der Waals surface area (Å²) in [4.78, 5) is 11.6. The molecule has 0 aliphatic rings. The zero-order valence-electron chi connectivity index (χ0n) is 10.6. The number of halogens is 3. The van der Waals surface area contributed by atoms with E-state index in [-0.39, 0.29) is 22.3 Å². The van der Waals surface area contributed by atoms with Gasteiger partial charge < -0.3 is 4.74 Å². The number of amides is 1. The van der Waals surface area contributed by atoms with Crippen LogP contribution in [0.25, 0.3) is 0 Å². The van der Waals surface area contributed by atoms with E-state index in [1.165, 1.54) is 24.3 Å². The molecule has 7 heteroatoms. The van der Waals surface area contributed by atoms with Gasteiger partial charge in [0.2, 0.25) is 0 Å². The smallest absolute Gasteiger partial charge is 0.410 e. The molecule has 0 saturated heterocycles. The van der Waals surface area contributed by atoms with Crippen LogP contribution < -0.4 is 10.1 Å². The minimum Gasteiger partial charge on any atom is -0.410 e. The van der Waals surface area contributed by atoms with Crippen LogP contribution >= 0.6 is 11.8 Å². The first-order valence-electron chi connectivity index (χ1n) is 5.83. The largest absolute Gasteiger partial charge is 0.446 e. The van der Waals surface area contributed by atoms with E-state index in [1.807, 2.05) is 0 Å². The molecule has 1 amide bonds. The maximum atomic E-state index is 12.4. The molecule has 0 aliphatic heterocycles. The maximum absolute atomic E-state index is 12.4. The molecule has 0 radical (unpaired) electrons. The van der Waals surface area contributed by atoms with Gasteiger partial charge in [0, 0.05) is 4.90 Å². The van der Waals surface area contributed by atoms with Gasteiger partial charge >= 0.3 is 11.6 Å². The van der Waals surface area contributed by atoms with Crippen LogP contribution in [0.4, 0.5) is 23.7 Å². The van der Waals surface area contributed by atoms with Crippen LogP contribution in [0, 0.1) is 0 Å². The predicted molar refractivity (Wildman–Crippen MR) is 74.4 cm³/mol. The third kappa shape index (κ3) is 5.03. The zero-order valence-corrected chi connectivity index (χ0v) is 11.4. The van der Waals surface area contributed by atoms with Crippen molar-refractivity contribution in [1.29, 1.82) is 0 Å². The molecule has 110 valence electrons. The highest BCUT2D eigenvalue weighted by molar-refractivity contribution is 8.00. The molecule has 0 aliphatic carbocycles. The van der Waals surface area contributed by atoms with Crippen LogP contribution in [-0.4, -0.2) is 11.6 Å². The summed E-state index contributed by atoms with van der Waals surface area (Å²) in [5, 5.41) is 2.30. The quantitative estimate of drug-likeness (QED) is 0.818. The van der Waals surface area contributed by atoms with Crippen molar-refractivity contribution in [1.82, 2.24) is 0 Å². The lowest BCUT2D eigenvalue weighted by atomic mass is 10.3. The van der Waals surface area contributed by atoms with Gasteiger partial charge in [-0.3, -0.25) is 5.32 Å². The molecular formula is C14H10F3NO2S. The summed E-state index contributed by atoms with van der Waals surface area (Å²) in [6.45, 7) is 0. The molecule has 21 heavy (non-hydrogen) atoms. The van der Waals surface area contributed by atoms with E-state index in [9.17, 15) is 18.0 Å². The molecule has 0 aromatic heterocycles. The average Bonchev–Trinajstić information content (AvgIpc) is 2.40. The Balaban J connectivity index is 2.07. The lowest BCUT2D eigenvalue weighted by Gasteiger charge is -2.12. The van der Waals surface area contributed by atoms with Crippen molar-refractivity contribution in [3.05, 3.63) is 54.6 Å². The van der Waals surface area contributed by atoms with Crippen LogP contribution in [0.2, 0.25) is 0 Å². The van der Waals surface area contributed by atoms with Gasteiger partial charge in [0.15, 0.2) is 0 Å². The van der Waals surface area contributed by atoms with E-state index in [0.717, 1.165) is 0 Å². The van der Waals surface area contributed by atoms with Gasteiger partial charge in [-0.2, -0.15) is 13.2 Å². The first-order chi connectivity index (χ1) is 9.94. The number of hydrogen-bond acceptors (Lipinski definition) is 3. The highest BCUT2D eigenvalue weighted by Gasteiger charge is 2.30. The Morgan fingerprint density at radius 2 is 1.62 bits per heavy atom. The Bertz CT molecular complexity index is 617. The van der Waals surface area contributed by atoms with Crippen LogP contribution in [0.15, 0.2) is 59.5 Å². The number of carbonyl (C=O) groups excluding carboxylic acids is 1. The first-order valence-corrected chi connectivity index (χ1v) is 6.64. The maximum Gasteiger partial charge on any atom is 0.446 e. The monoisotopic (exact) mass is 313 g/mol. The van der Waals surface area contributed by atoms with Gasteiger partial charge in [0.25, 0.3) is 0 Å². The summed E-state index contributed by atoms with van der Waals surface area (Å²) < 4.78 is 42.2. The Hall–Kier alpha value is -2.15. The Kier molecular flexibility index (Phi) is 4.74. The van der Waals surface area contributed by atoms with E-state index in [0.29, 0.717) is 5.75 Å². The lowest BCUT2D eigenvalue weighted by molar-refractivity contribution is -0.0328. The Labute approximate surface area is 123 Å². The molecule has 2 aromatic carbocycles. The number of benzene rings is 2. The van der Waals surface area contributed by atoms with Gasteiger partial charge in [-0.1, -0.05) is 30.3 Å². The van der Waals surface area contributed by atoms with Crippen molar-refractivity contribution >= 4 is 23.5 Å². The van der Waals surface area contributed by atoms with Crippen molar-refractivity contribution in [3.8, 4) is 5.75 Å². The normalized spacial score (nSPS) is 11.0. The van der Waals surface area contributed by atoms with E-state index < -0.39 is 11.6 Å². The van der Waals surface area contributed by atoms with E-state index in [4.69, 9.17) is 4.74 Å². The standard InChI is InChI=1S/C14H10F3NO2S/c15-14(16,17)21-12-9-5-4-8-11(12)18-13(19)20-10-6-2-1-3-7-10/h1-9H,(H,18,19). The molecule has 1 N–H and O–H groups in total. The van der Waals surface area contributed by atoms with E-state index in [2.05, 4.69) is 5.32 Å². The minimum absolute atomic E-state index is 0.0424. The predicted octanol–water partition coefficient (Wildman–Crippen LogP) is 4.91. The molecule has 0 bridgehead atoms. The van der Waals surface area contributed by atoms with Gasteiger partial charge in [0.1, 0.15) is 5.75 Å². The summed E-state index contributed by atoms with van der Waals surface area (Å²) in [6.07, 6.45) is -0.851. The van der Waals surface area contributed by atoms with Gasteiger partial charge in [-0.05, 0) is 36.0 Å². The number of alkyl halides is 3. The van der Waals surface area contributed by atoms with Crippen LogP contribution in [-0.2, 0) is 0 Å². The molecule has 3 nitrogen and oxygen atoms in total. The second kappa shape index (κ2) is 6.53. The number of ether oxygens (including phenoxy) is 1. The summed E-state index contributed by atoms with van der Waals surface area (Å²) in [7, 11) is 0. The van der Waals surface area contributed by atoms with E-state index in [1.54, 1.807) is 30.3 Å². The van der Waals surface area contributed by atoms with Crippen molar-refractivity contribution < 1.29 is 22.7 Å². The number of rotatable bonds is 3. The number of para-hydroxylation sites is 2. The number of hydrogen-bond donors (Lipinski definition) is 1. The molecule has 0 atom stereocenters. The fourth-order valence-electron chi connectivity index (χ4n) is 1.51. The Morgan fingerprint density at radius 1 is 1.00 bits per heavy atom. The molecule has 0 spiro atoms. The third-order valence-corrected chi connectivity index (χ3v) is 3.11. The summed E-state index contributed by atoms with van der Waals surface area (Å²) in [5.74, 6) is 0.302. The molecule has 0 unspecified atom stereocenters. The molecule has 0 fully saturated rings. The average molecular weight is 313 g/mol. The second-order valence-electron chi connectivity index (χ2n) is 3.87. The van der Waals surface area contributed by atoms with Crippen LogP contribution in [0.1, 0.15) is 0 Å². The molecule has 2 aromatic rings. The molecule has 0 saturated carbocycles. The molecular weight excluding hydrogens is 303 g/mol. The SMILES string of the molecule is O=C(Nc1ccccc1SC(F)(F)F)Oc1ccccc1. The van der Waals surface area contributed by atoms with E-state index >= 15 is 0 Å². The molecule has 0 heterocycles. The Morgan fingerprint density at radius 3 is 2.29 bits per heavy atom.